The van der Waals surface area contributed by atoms with E-state index in [1.54, 1.807) is 32.9 Å². The van der Waals surface area contributed by atoms with E-state index < -0.39 is 36.5 Å². The van der Waals surface area contributed by atoms with E-state index in [0.29, 0.717) is 0 Å². The van der Waals surface area contributed by atoms with Crippen molar-refractivity contribution in [2.45, 2.75) is 26.3 Å². The average Bonchev–Trinajstić information content (AvgIpc) is 2.57. The number of ether oxygens (including phenoxy) is 2. The van der Waals surface area contributed by atoms with Crippen LogP contribution < -0.4 is 15.8 Å². The lowest BCUT2D eigenvalue weighted by Crippen LogP contribution is -2.50. The molecule has 134 valence electrons. The van der Waals surface area contributed by atoms with Gasteiger partial charge >= 0.3 is 5.97 Å². The second-order valence-corrected chi connectivity index (χ2v) is 5.83. The largest absolute Gasteiger partial charge is 0.481 e. The second-order valence-electron chi connectivity index (χ2n) is 5.83. The van der Waals surface area contributed by atoms with E-state index in [2.05, 4.69) is 5.32 Å². The van der Waals surface area contributed by atoms with E-state index in [9.17, 15) is 14.4 Å². The molecular formula is C17H21N3O5. The SMILES string of the molecule is CC(C)[C@@](C)(C#N)NC(=O)COC(=O)COc1ccccc1C(N)=O. The Morgan fingerprint density at radius 1 is 1.28 bits per heavy atom. The van der Waals surface area contributed by atoms with Gasteiger partial charge in [-0.3, -0.25) is 9.59 Å². The zero-order chi connectivity index (χ0) is 19.0. The molecule has 8 heteroatoms. The molecule has 0 heterocycles. The Labute approximate surface area is 145 Å². The lowest BCUT2D eigenvalue weighted by molar-refractivity contribution is -0.150. The molecular weight excluding hydrogens is 326 g/mol. The van der Waals surface area contributed by atoms with Crippen LogP contribution in [0.1, 0.15) is 31.1 Å². The molecule has 2 amide bonds. The molecule has 0 aliphatic heterocycles. The molecule has 0 bridgehead atoms. The number of hydrogen-bond acceptors (Lipinski definition) is 6. The van der Waals surface area contributed by atoms with Gasteiger partial charge in [-0.05, 0) is 25.0 Å². The fourth-order valence-corrected chi connectivity index (χ4v) is 1.75. The standard InChI is InChI=1S/C17H21N3O5/c1-11(2)17(3,10-18)20-14(21)8-25-15(22)9-24-13-7-5-4-6-12(13)16(19)23/h4-7,11H,8-9H2,1-3H3,(H2,19,23)(H,20,21)/t17-/m1/s1. The van der Waals surface area contributed by atoms with Gasteiger partial charge in [0.15, 0.2) is 13.2 Å². The fraction of sp³-hybridized carbons (Fsp3) is 0.412. The summed E-state index contributed by atoms with van der Waals surface area (Å²) in [4.78, 5) is 34.7. The van der Waals surface area contributed by atoms with Crippen LogP contribution in [0.2, 0.25) is 0 Å². The van der Waals surface area contributed by atoms with Crippen LogP contribution in [0.25, 0.3) is 0 Å². The van der Waals surface area contributed by atoms with Gasteiger partial charge in [0.05, 0.1) is 11.6 Å². The molecule has 0 aliphatic carbocycles. The Kier molecular flexibility index (Phi) is 6.93. The van der Waals surface area contributed by atoms with E-state index in [4.69, 9.17) is 20.5 Å². The minimum Gasteiger partial charge on any atom is -0.481 e. The van der Waals surface area contributed by atoms with E-state index in [1.807, 2.05) is 6.07 Å². The number of esters is 1. The van der Waals surface area contributed by atoms with Gasteiger partial charge in [0.1, 0.15) is 11.3 Å². The van der Waals surface area contributed by atoms with Crippen LogP contribution in [-0.4, -0.2) is 36.5 Å². The van der Waals surface area contributed by atoms with Crippen LogP contribution in [-0.2, 0) is 14.3 Å². The first kappa shape index (κ1) is 20.0. The number of nitrogens with two attached hydrogens (primary N) is 1. The van der Waals surface area contributed by atoms with Crippen molar-refractivity contribution in [3.05, 3.63) is 29.8 Å². The Morgan fingerprint density at radius 2 is 1.92 bits per heavy atom. The molecule has 0 unspecified atom stereocenters. The third-order valence-electron chi connectivity index (χ3n) is 3.65. The van der Waals surface area contributed by atoms with Crippen molar-refractivity contribution in [3.8, 4) is 11.8 Å². The third-order valence-corrected chi connectivity index (χ3v) is 3.65. The molecule has 8 nitrogen and oxygen atoms in total. The zero-order valence-corrected chi connectivity index (χ0v) is 14.4. The average molecular weight is 347 g/mol. The first-order chi connectivity index (χ1) is 11.7. The molecule has 0 radical (unpaired) electrons. The second kappa shape index (κ2) is 8.68. The maximum absolute atomic E-state index is 11.8. The molecule has 0 saturated heterocycles. The van der Waals surface area contributed by atoms with Crippen molar-refractivity contribution in [2.24, 2.45) is 11.7 Å². The summed E-state index contributed by atoms with van der Waals surface area (Å²) in [6.45, 7) is 4.14. The number of hydrogen-bond donors (Lipinski definition) is 2. The molecule has 0 aliphatic rings. The Hall–Kier alpha value is -3.08. The van der Waals surface area contributed by atoms with Gasteiger partial charge in [0.2, 0.25) is 0 Å². The van der Waals surface area contributed by atoms with Gasteiger partial charge in [0, 0.05) is 0 Å². The zero-order valence-electron chi connectivity index (χ0n) is 14.4. The summed E-state index contributed by atoms with van der Waals surface area (Å²) in [5.41, 5.74) is 4.28. The topological polar surface area (TPSA) is 132 Å². The molecule has 25 heavy (non-hydrogen) atoms. The highest BCUT2D eigenvalue weighted by atomic mass is 16.6. The number of nitriles is 1. The molecule has 0 aromatic heterocycles. The number of nitrogens with zero attached hydrogens (tertiary/aromatic N) is 1. The van der Waals surface area contributed by atoms with Crippen LogP contribution in [0.5, 0.6) is 5.75 Å². The number of para-hydroxylation sites is 1. The van der Waals surface area contributed by atoms with E-state index in [-0.39, 0.29) is 17.2 Å². The van der Waals surface area contributed by atoms with Gasteiger partial charge in [-0.15, -0.1) is 0 Å². The summed E-state index contributed by atoms with van der Waals surface area (Å²) < 4.78 is 9.99. The highest BCUT2D eigenvalue weighted by molar-refractivity contribution is 5.95. The smallest absolute Gasteiger partial charge is 0.344 e. The minimum atomic E-state index is -1.06. The third kappa shape index (κ3) is 5.80. The van der Waals surface area contributed by atoms with E-state index in [1.165, 1.54) is 12.1 Å². The monoisotopic (exact) mass is 347 g/mol. The number of amides is 2. The van der Waals surface area contributed by atoms with Crippen LogP contribution >= 0.6 is 0 Å². The van der Waals surface area contributed by atoms with Crippen molar-refractivity contribution in [1.82, 2.24) is 5.32 Å². The summed E-state index contributed by atoms with van der Waals surface area (Å²) in [6, 6.07) is 8.20. The fourth-order valence-electron chi connectivity index (χ4n) is 1.75. The van der Waals surface area contributed by atoms with E-state index in [0.717, 1.165) is 0 Å². The van der Waals surface area contributed by atoms with Crippen molar-refractivity contribution in [1.29, 1.82) is 5.26 Å². The van der Waals surface area contributed by atoms with Crippen LogP contribution in [0.3, 0.4) is 0 Å². The highest BCUT2D eigenvalue weighted by Gasteiger charge is 2.30. The molecule has 1 aromatic carbocycles. The van der Waals surface area contributed by atoms with Crippen molar-refractivity contribution in [2.75, 3.05) is 13.2 Å². The van der Waals surface area contributed by atoms with Gasteiger partial charge in [-0.25, -0.2) is 4.79 Å². The Balaban J connectivity index is 2.50. The normalized spacial score (nSPS) is 12.6. The maximum Gasteiger partial charge on any atom is 0.344 e. The predicted molar refractivity (Wildman–Crippen MR) is 88.4 cm³/mol. The first-order valence-electron chi connectivity index (χ1n) is 7.59. The van der Waals surface area contributed by atoms with Crippen molar-refractivity contribution in [3.63, 3.8) is 0 Å². The summed E-state index contributed by atoms with van der Waals surface area (Å²) in [5, 5.41) is 11.6. The number of carbonyl (C=O) groups is 3. The maximum atomic E-state index is 11.8. The molecule has 3 N–H and O–H groups in total. The molecule has 0 fully saturated rings. The van der Waals surface area contributed by atoms with Gasteiger partial charge in [-0.1, -0.05) is 26.0 Å². The predicted octanol–water partition coefficient (Wildman–Crippen LogP) is 0.762. The molecule has 1 aromatic rings. The number of benzene rings is 1. The van der Waals surface area contributed by atoms with Gasteiger partial charge in [0.25, 0.3) is 11.8 Å². The first-order valence-corrected chi connectivity index (χ1v) is 7.59. The lowest BCUT2D eigenvalue weighted by Gasteiger charge is -2.27. The quantitative estimate of drug-likeness (QED) is 0.667. The number of rotatable bonds is 8. The van der Waals surface area contributed by atoms with Gasteiger partial charge < -0.3 is 20.5 Å². The van der Waals surface area contributed by atoms with Crippen molar-refractivity contribution >= 4 is 17.8 Å². The molecule has 1 rings (SSSR count). The van der Waals surface area contributed by atoms with Crippen LogP contribution in [0.4, 0.5) is 0 Å². The molecule has 1 atom stereocenters. The summed E-state index contributed by atoms with van der Waals surface area (Å²) in [6.07, 6.45) is 0. The number of nitrogens with one attached hydrogen (secondary N) is 1. The molecule has 0 saturated carbocycles. The van der Waals surface area contributed by atoms with Gasteiger partial charge in [-0.2, -0.15) is 5.26 Å². The molecule has 0 spiro atoms. The van der Waals surface area contributed by atoms with Crippen LogP contribution in [0, 0.1) is 17.2 Å². The summed E-state index contributed by atoms with van der Waals surface area (Å²) in [7, 11) is 0. The lowest BCUT2D eigenvalue weighted by atomic mass is 9.90. The van der Waals surface area contributed by atoms with Crippen molar-refractivity contribution < 1.29 is 23.9 Å². The highest BCUT2D eigenvalue weighted by Crippen LogP contribution is 2.17. The van der Waals surface area contributed by atoms with Crippen LogP contribution in [0.15, 0.2) is 24.3 Å². The Bertz CT molecular complexity index is 696. The Morgan fingerprint density at radius 3 is 2.48 bits per heavy atom. The van der Waals surface area contributed by atoms with E-state index >= 15 is 0 Å². The summed E-state index contributed by atoms with van der Waals surface area (Å²) in [5.74, 6) is -2.05. The number of carbonyl (C=O) groups excluding carboxylic acids is 3. The summed E-state index contributed by atoms with van der Waals surface area (Å²) >= 11 is 0. The minimum absolute atomic E-state index is 0.120. The number of primary amides is 1.